The standard InChI is InChI=1S/C17H17ClN4O2/c1-4-21(11(3)23)15-9-17(24)16(7-10(15)2)22-19-13-6-5-12(18)8-14(13)20-22/h5-9,24H,4H2,1-3H3. The lowest BCUT2D eigenvalue weighted by molar-refractivity contribution is -0.116. The van der Waals surface area contributed by atoms with E-state index in [1.807, 2.05) is 13.8 Å². The molecule has 3 rings (SSSR count). The van der Waals surface area contributed by atoms with Crippen LogP contribution in [-0.2, 0) is 4.79 Å². The number of benzene rings is 2. The molecule has 0 fully saturated rings. The van der Waals surface area contributed by atoms with Crippen molar-refractivity contribution in [1.29, 1.82) is 0 Å². The van der Waals surface area contributed by atoms with Crippen LogP contribution in [0.4, 0.5) is 5.69 Å². The number of carbonyl (C=O) groups is 1. The van der Waals surface area contributed by atoms with E-state index < -0.39 is 0 Å². The number of aromatic hydroxyl groups is 1. The molecule has 0 aliphatic heterocycles. The molecule has 6 nitrogen and oxygen atoms in total. The lowest BCUT2D eigenvalue weighted by atomic mass is 10.1. The summed E-state index contributed by atoms with van der Waals surface area (Å²) in [5.74, 6) is -0.0768. The molecule has 0 spiro atoms. The van der Waals surface area contributed by atoms with Crippen molar-refractivity contribution in [1.82, 2.24) is 15.0 Å². The number of phenols is 1. The number of hydrogen-bond donors (Lipinski definition) is 1. The maximum Gasteiger partial charge on any atom is 0.223 e. The zero-order chi connectivity index (χ0) is 17.4. The van der Waals surface area contributed by atoms with E-state index in [0.717, 1.165) is 5.56 Å². The Morgan fingerprint density at radius 1 is 1.25 bits per heavy atom. The Morgan fingerprint density at radius 3 is 2.62 bits per heavy atom. The molecular formula is C17H17ClN4O2. The zero-order valence-electron chi connectivity index (χ0n) is 13.6. The Hall–Kier alpha value is -2.60. The van der Waals surface area contributed by atoms with Gasteiger partial charge in [0.1, 0.15) is 22.5 Å². The Labute approximate surface area is 144 Å². The summed E-state index contributed by atoms with van der Waals surface area (Å²) in [4.78, 5) is 14.7. The third-order valence-corrected chi connectivity index (χ3v) is 4.07. The molecule has 2 aromatic carbocycles. The van der Waals surface area contributed by atoms with E-state index in [1.165, 1.54) is 11.7 Å². The van der Waals surface area contributed by atoms with Crippen molar-refractivity contribution in [3.8, 4) is 11.4 Å². The Morgan fingerprint density at radius 2 is 1.96 bits per heavy atom. The molecule has 24 heavy (non-hydrogen) atoms. The quantitative estimate of drug-likeness (QED) is 0.789. The van der Waals surface area contributed by atoms with Gasteiger partial charge in [0.05, 0.1) is 5.69 Å². The van der Waals surface area contributed by atoms with E-state index in [4.69, 9.17) is 11.6 Å². The molecule has 1 N–H and O–H groups in total. The number of anilines is 1. The summed E-state index contributed by atoms with van der Waals surface area (Å²) >= 11 is 5.97. The smallest absolute Gasteiger partial charge is 0.223 e. The maximum atomic E-state index is 11.7. The molecular weight excluding hydrogens is 328 g/mol. The second-order valence-electron chi connectivity index (χ2n) is 5.51. The highest BCUT2D eigenvalue weighted by Crippen LogP contribution is 2.31. The number of carbonyl (C=O) groups excluding carboxylic acids is 1. The highest BCUT2D eigenvalue weighted by Gasteiger charge is 2.17. The molecule has 3 aromatic rings. The van der Waals surface area contributed by atoms with Crippen LogP contribution in [0.2, 0.25) is 5.02 Å². The lowest BCUT2D eigenvalue weighted by Crippen LogP contribution is -2.28. The van der Waals surface area contributed by atoms with Crippen molar-refractivity contribution in [2.75, 3.05) is 11.4 Å². The van der Waals surface area contributed by atoms with Crippen molar-refractivity contribution in [3.05, 3.63) is 40.9 Å². The van der Waals surface area contributed by atoms with Crippen LogP contribution < -0.4 is 4.90 Å². The van der Waals surface area contributed by atoms with Crippen LogP contribution >= 0.6 is 11.6 Å². The molecule has 124 valence electrons. The summed E-state index contributed by atoms with van der Waals surface area (Å²) in [6.45, 7) is 5.79. The fourth-order valence-corrected chi connectivity index (χ4v) is 2.85. The first kappa shape index (κ1) is 16.3. The molecule has 1 heterocycles. The molecule has 1 aromatic heterocycles. The first-order valence-corrected chi connectivity index (χ1v) is 7.93. The van der Waals surface area contributed by atoms with Gasteiger partial charge in [-0.3, -0.25) is 4.79 Å². The van der Waals surface area contributed by atoms with Gasteiger partial charge >= 0.3 is 0 Å². The number of hydrogen-bond acceptors (Lipinski definition) is 4. The van der Waals surface area contributed by atoms with Gasteiger partial charge in [-0.2, -0.15) is 0 Å². The summed E-state index contributed by atoms with van der Waals surface area (Å²) in [5.41, 5.74) is 3.29. The van der Waals surface area contributed by atoms with E-state index in [0.29, 0.717) is 34.0 Å². The average Bonchev–Trinajstić information content (AvgIpc) is 2.93. The summed E-state index contributed by atoms with van der Waals surface area (Å²) in [5, 5.41) is 19.7. The number of rotatable bonds is 3. The van der Waals surface area contributed by atoms with E-state index >= 15 is 0 Å². The minimum atomic E-state index is -0.0784. The number of aryl methyl sites for hydroxylation is 1. The molecule has 1 amide bonds. The highest BCUT2D eigenvalue weighted by atomic mass is 35.5. The lowest BCUT2D eigenvalue weighted by Gasteiger charge is -2.22. The maximum absolute atomic E-state index is 11.7. The number of amides is 1. The summed E-state index contributed by atoms with van der Waals surface area (Å²) in [7, 11) is 0. The molecule has 0 saturated carbocycles. The normalized spacial score (nSPS) is 11.0. The molecule has 0 aliphatic carbocycles. The third-order valence-electron chi connectivity index (χ3n) is 3.84. The molecule has 0 bridgehead atoms. The van der Waals surface area contributed by atoms with Crippen LogP contribution in [0.25, 0.3) is 16.7 Å². The summed E-state index contributed by atoms with van der Waals surface area (Å²) < 4.78 is 0. The topological polar surface area (TPSA) is 71.2 Å². The number of fused-ring (bicyclic) bond motifs is 1. The van der Waals surface area contributed by atoms with Gasteiger partial charge in [0.25, 0.3) is 0 Å². The van der Waals surface area contributed by atoms with Gasteiger partial charge in [-0.25, -0.2) is 0 Å². The Kier molecular flexibility index (Phi) is 4.15. The predicted octanol–water partition coefficient (Wildman–Crippen LogP) is 3.46. The number of aromatic nitrogens is 3. The van der Waals surface area contributed by atoms with Crippen LogP contribution in [0.5, 0.6) is 5.75 Å². The first-order chi connectivity index (χ1) is 11.4. The highest BCUT2D eigenvalue weighted by molar-refractivity contribution is 6.31. The van der Waals surface area contributed by atoms with Gasteiger partial charge in [-0.15, -0.1) is 15.0 Å². The Balaban J connectivity index is 2.11. The van der Waals surface area contributed by atoms with Gasteiger partial charge in [0.2, 0.25) is 5.91 Å². The molecule has 7 heteroatoms. The minimum absolute atomic E-state index is 0.00158. The second kappa shape index (κ2) is 6.13. The average molecular weight is 345 g/mol. The van der Waals surface area contributed by atoms with Crippen LogP contribution in [-0.4, -0.2) is 32.6 Å². The van der Waals surface area contributed by atoms with Crippen molar-refractivity contribution in [3.63, 3.8) is 0 Å². The van der Waals surface area contributed by atoms with E-state index in [2.05, 4.69) is 10.2 Å². The van der Waals surface area contributed by atoms with E-state index in [1.54, 1.807) is 35.2 Å². The number of nitrogens with zero attached hydrogens (tertiary/aromatic N) is 4. The van der Waals surface area contributed by atoms with Gasteiger partial charge in [-0.1, -0.05) is 11.6 Å². The third kappa shape index (κ3) is 2.80. The van der Waals surface area contributed by atoms with Gasteiger partial charge < -0.3 is 10.0 Å². The zero-order valence-corrected chi connectivity index (χ0v) is 14.4. The SMILES string of the molecule is CCN(C(C)=O)c1cc(O)c(-n2nc3ccc(Cl)cc3n2)cc1C. The molecule has 0 aliphatic rings. The van der Waals surface area contributed by atoms with Crippen LogP contribution in [0.1, 0.15) is 19.4 Å². The number of phenolic OH excluding ortho intramolecular Hbond substituents is 1. The Bertz CT molecular complexity index is 936. The fraction of sp³-hybridized carbons (Fsp3) is 0.235. The van der Waals surface area contributed by atoms with Crippen LogP contribution in [0.15, 0.2) is 30.3 Å². The second-order valence-corrected chi connectivity index (χ2v) is 5.95. The fourth-order valence-electron chi connectivity index (χ4n) is 2.68. The van der Waals surface area contributed by atoms with Crippen LogP contribution in [0, 0.1) is 6.92 Å². The predicted molar refractivity (Wildman–Crippen MR) is 94.0 cm³/mol. The van der Waals surface area contributed by atoms with Crippen molar-refractivity contribution in [2.24, 2.45) is 0 Å². The van der Waals surface area contributed by atoms with Gasteiger partial charge in [0, 0.05) is 24.6 Å². The monoisotopic (exact) mass is 344 g/mol. The minimum Gasteiger partial charge on any atom is -0.506 e. The molecule has 0 unspecified atom stereocenters. The van der Waals surface area contributed by atoms with Crippen LogP contribution in [0.3, 0.4) is 0 Å². The van der Waals surface area contributed by atoms with Gasteiger partial charge in [0.15, 0.2) is 0 Å². The molecule has 0 atom stereocenters. The summed E-state index contributed by atoms with van der Waals surface area (Å²) in [6.07, 6.45) is 0. The molecule has 0 radical (unpaired) electrons. The van der Waals surface area contributed by atoms with E-state index in [9.17, 15) is 9.90 Å². The van der Waals surface area contributed by atoms with Crippen molar-refractivity contribution < 1.29 is 9.90 Å². The molecule has 0 saturated heterocycles. The van der Waals surface area contributed by atoms with Crippen molar-refractivity contribution >= 4 is 34.2 Å². The first-order valence-electron chi connectivity index (χ1n) is 7.55. The van der Waals surface area contributed by atoms with Gasteiger partial charge in [-0.05, 0) is 43.7 Å². The van der Waals surface area contributed by atoms with E-state index in [-0.39, 0.29) is 11.7 Å². The number of halogens is 1. The largest absolute Gasteiger partial charge is 0.506 e. The summed E-state index contributed by atoms with van der Waals surface area (Å²) in [6, 6.07) is 8.55. The van der Waals surface area contributed by atoms with Crippen molar-refractivity contribution in [2.45, 2.75) is 20.8 Å².